The molecule has 0 spiro atoms. The molecular formula is C14H22N2O4. The van der Waals surface area contributed by atoms with Crippen molar-refractivity contribution in [2.24, 2.45) is 0 Å². The van der Waals surface area contributed by atoms with Crippen molar-refractivity contribution in [1.29, 1.82) is 0 Å². The highest BCUT2D eigenvalue weighted by molar-refractivity contribution is 5.51. The molecule has 0 radical (unpaired) electrons. The minimum absolute atomic E-state index is 0.0732. The predicted molar refractivity (Wildman–Crippen MR) is 75.5 cm³/mol. The first-order valence-electron chi connectivity index (χ1n) is 6.71. The van der Waals surface area contributed by atoms with Crippen LogP contribution in [0.15, 0.2) is 12.1 Å². The molecule has 2 rings (SSSR count). The maximum atomic E-state index is 10.3. The average molecular weight is 282 g/mol. The monoisotopic (exact) mass is 282 g/mol. The van der Waals surface area contributed by atoms with E-state index in [2.05, 4.69) is 10.2 Å². The fraction of sp³-hybridized carbons (Fsp3) is 0.571. The van der Waals surface area contributed by atoms with Gasteiger partial charge in [0.05, 0.1) is 32.4 Å². The molecule has 0 saturated carbocycles. The first-order chi connectivity index (χ1) is 9.71. The second-order valence-electron chi connectivity index (χ2n) is 4.75. The Kier molecular flexibility index (Phi) is 5.05. The fourth-order valence-electron chi connectivity index (χ4n) is 2.59. The molecule has 0 aliphatic carbocycles. The molecule has 1 aliphatic heterocycles. The Morgan fingerprint density at radius 3 is 2.50 bits per heavy atom. The van der Waals surface area contributed by atoms with Crippen molar-refractivity contribution in [2.75, 3.05) is 47.0 Å². The fourth-order valence-corrected chi connectivity index (χ4v) is 2.59. The van der Waals surface area contributed by atoms with E-state index in [0.717, 1.165) is 26.2 Å². The molecule has 1 aliphatic rings. The number of nitrogens with zero attached hydrogens (tertiary/aromatic N) is 1. The molecule has 6 heteroatoms. The first kappa shape index (κ1) is 14.9. The van der Waals surface area contributed by atoms with Gasteiger partial charge in [-0.05, 0) is 0 Å². The minimum Gasteiger partial charge on any atom is -0.507 e. The van der Waals surface area contributed by atoms with Crippen LogP contribution in [0, 0.1) is 0 Å². The van der Waals surface area contributed by atoms with Crippen molar-refractivity contribution < 1.29 is 19.7 Å². The van der Waals surface area contributed by atoms with Gasteiger partial charge in [0.25, 0.3) is 0 Å². The van der Waals surface area contributed by atoms with E-state index < -0.39 is 0 Å². The Bertz CT molecular complexity index is 447. The largest absolute Gasteiger partial charge is 0.507 e. The van der Waals surface area contributed by atoms with E-state index in [1.54, 1.807) is 19.2 Å². The molecule has 0 unspecified atom stereocenters. The Balaban J connectivity index is 2.37. The van der Waals surface area contributed by atoms with Gasteiger partial charge in [0.1, 0.15) is 17.2 Å². The average Bonchev–Trinajstić information content (AvgIpc) is 2.50. The van der Waals surface area contributed by atoms with Gasteiger partial charge >= 0.3 is 0 Å². The Hall–Kier alpha value is -1.50. The Labute approximate surface area is 118 Å². The van der Waals surface area contributed by atoms with E-state index in [4.69, 9.17) is 9.47 Å². The number of hydrogen-bond donors (Lipinski definition) is 3. The normalized spacial score (nSPS) is 17.8. The van der Waals surface area contributed by atoms with E-state index in [9.17, 15) is 10.2 Å². The molecular weight excluding hydrogens is 260 g/mol. The third kappa shape index (κ3) is 2.98. The van der Waals surface area contributed by atoms with Gasteiger partial charge in [-0.15, -0.1) is 0 Å². The SMILES string of the molecule is COc1cc(O)c([C@H](CO)N2CCNCC2)c(OC)c1. The summed E-state index contributed by atoms with van der Waals surface area (Å²) in [4.78, 5) is 2.14. The highest BCUT2D eigenvalue weighted by Gasteiger charge is 2.27. The highest BCUT2D eigenvalue weighted by atomic mass is 16.5. The molecule has 0 aromatic heterocycles. The van der Waals surface area contributed by atoms with Crippen LogP contribution in [0.4, 0.5) is 0 Å². The second kappa shape index (κ2) is 6.78. The van der Waals surface area contributed by atoms with Crippen LogP contribution in [-0.4, -0.2) is 62.1 Å². The number of phenols is 1. The zero-order chi connectivity index (χ0) is 14.5. The quantitative estimate of drug-likeness (QED) is 0.723. The summed E-state index contributed by atoms with van der Waals surface area (Å²) < 4.78 is 10.5. The minimum atomic E-state index is -0.280. The molecule has 3 N–H and O–H groups in total. The molecule has 1 heterocycles. The number of hydrogen-bond acceptors (Lipinski definition) is 6. The lowest BCUT2D eigenvalue weighted by Crippen LogP contribution is -2.46. The van der Waals surface area contributed by atoms with Crippen LogP contribution in [0.25, 0.3) is 0 Å². The van der Waals surface area contributed by atoms with Gasteiger partial charge in [0, 0.05) is 38.3 Å². The zero-order valence-corrected chi connectivity index (χ0v) is 11.9. The number of aliphatic hydroxyl groups is 1. The zero-order valence-electron chi connectivity index (χ0n) is 11.9. The summed E-state index contributed by atoms with van der Waals surface area (Å²) in [5.74, 6) is 1.14. The predicted octanol–water partition coefficient (Wildman–Crippen LogP) is 0.348. The Morgan fingerprint density at radius 2 is 1.95 bits per heavy atom. The number of aliphatic hydroxyl groups excluding tert-OH is 1. The van der Waals surface area contributed by atoms with E-state index in [0.29, 0.717) is 17.1 Å². The maximum absolute atomic E-state index is 10.3. The summed E-state index contributed by atoms with van der Waals surface area (Å²) in [7, 11) is 3.08. The van der Waals surface area contributed by atoms with Crippen LogP contribution in [0.5, 0.6) is 17.2 Å². The molecule has 0 amide bonds. The van der Waals surface area contributed by atoms with Crippen molar-refractivity contribution in [3.63, 3.8) is 0 Å². The molecule has 6 nitrogen and oxygen atoms in total. The topological polar surface area (TPSA) is 74.2 Å². The van der Waals surface area contributed by atoms with Crippen molar-refractivity contribution in [3.05, 3.63) is 17.7 Å². The number of rotatable bonds is 5. The van der Waals surface area contributed by atoms with Crippen LogP contribution in [0.1, 0.15) is 11.6 Å². The van der Waals surface area contributed by atoms with Crippen molar-refractivity contribution in [3.8, 4) is 17.2 Å². The van der Waals surface area contributed by atoms with Gasteiger partial charge in [-0.25, -0.2) is 0 Å². The third-order valence-electron chi connectivity index (χ3n) is 3.65. The van der Waals surface area contributed by atoms with Gasteiger partial charge in [0.15, 0.2) is 0 Å². The smallest absolute Gasteiger partial charge is 0.131 e. The lowest BCUT2D eigenvalue weighted by Gasteiger charge is -2.35. The lowest BCUT2D eigenvalue weighted by atomic mass is 10.0. The van der Waals surface area contributed by atoms with Crippen LogP contribution >= 0.6 is 0 Å². The molecule has 1 fully saturated rings. The molecule has 20 heavy (non-hydrogen) atoms. The Morgan fingerprint density at radius 1 is 1.25 bits per heavy atom. The number of ether oxygens (including phenoxy) is 2. The lowest BCUT2D eigenvalue weighted by molar-refractivity contribution is 0.107. The number of methoxy groups -OCH3 is 2. The van der Waals surface area contributed by atoms with Gasteiger partial charge < -0.3 is 25.0 Å². The number of phenolic OH excluding ortho intramolecular Hbond substituents is 1. The van der Waals surface area contributed by atoms with E-state index in [1.165, 1.54) is 7.11 Å². The van der Waals surface area contributed by atoms with Gasteiger partial charge in [-0.2, -0.15) is 0 Å². The molecule has 1 aromatic rings. The summed E-state index contributed by atoms with van der Waals surface area (Å²) >= 11 is 0. The summed E-state index contributed by atoms with van der Waals surface area (Å²) in [6, 6.07) is 2.99. The number of nitrogens with one attached hydrogen (secondary N) is 1. The summed E-state index contributed by atoms with van der Waals surface area (Å²) in [6.07, 6.45) is 0. The van der Waals surface area contributed by atoms with Crippen LogP contribution in [0.2, 0.25) is 0 Å². The third-order valence-corrected chi connectivity index (χ3v) is 3.65. The van der Waals surface area contributed by atoms with Crippen molar-refractivity contribution in [2.45, 2.75) is 6.04 Å². The van der Waals surface area contributed by atoms with Crippen LogP contribution in [-0.2, 0) is 0 Å². The van der Waals surface area contributed by atoms with Crippen molar-refractivity contribution in [1.82, 2.24) is 10.2 Å². The summed E-state index contributed by atoms with van der Waals surface area (Å²) in [5, 5.41) is 23.3. The van der Waals surface area contributed by atoms with Crippen LogP contribution in [0.3, 0.4) is 0 Å². The molecule has 0 bridgehead atoms. The summed E-state index contributed by atoms with van der Waals surface area (Å²) in [5.41, 5.74) is 0.609. The molecule has 1 atom stereocenters. The van der Waals surface area contributed by atoms with E-state index in [-0.39, 0.29) is 18.4 Å². The molecule has 1 saturated heterocycles. The number of benzene rings is 1. The first-order valence-corrected chi connectivity index (χ1v) is 6.71. The van der Waals surface area contributed by atoms with Gasteiger partial charge in [-0.1, -0.05) is 0 Å². The summed E-state index contributed by atoms with van der Waals surface area (Å²) in [6.45, 7) is 3.31. The number of aromatic hydroxyl groups is 1. The standard InChI is InChI=1S/C14H22N2O4/c1-19-10-7-12(18)14(13(8-10)20-2)11(9-17)16-5-3-15-4-6-16/h7-8,11,15,17-18H,3-6,9H2,1-2H3/t11-/m0/s1. The van der Waals surface area contributed by atoms with Crippen molar-refractivity contribution >= 4 is 0 Å². The van der Waals surface area contributed by atoms with Crippen LogP contribution < -0.4 is 14.8 Å². The molecule has 112 valence electrons. The van der Waals surface area contributed by atoms with E-state index in [1.807, 2.05) is 0 Å². The van der Waals surface area contributed by atoms with Gasteiger partial charge in [-0.3, -0.25) is 4.90 Å². The maximum Gasteiger partial charge on any atom is 0.131 e. The highest BCUT2D eigenvalue weighted by Crippen LogP contribution is 2.39. The molecule has 1 aromatic carbocycles. The number of piperazine rings is 1. The second-order valence-corrected chi connectivity index (χ2v) is 4.75. The van der Waals surface area contributed by atoms with Gasteiger partial charge in [0.2, 0.25) is 0 Å². The van der Waals surface area contributed by atoms with E-state index >= 15 is 0 Å².